The van der Waals surface area contributed by atoms with Gasteiger partial charge in [-0.1, -0.05) is 36.9 Å². The van der Waals surface area contributed by atoms with Gasteiger partial charge in [0.1, 0.15) is 6.10 Å². The first kappa shape index (κ1) is 9.44. The SMILES string of the molecule is C=Cc1ccc(COC[C@@H]2CO2)cc1. The molecule has 1 aromatic carbocycles. The van der Waals surface area contributed by atoms with Gasteiger partial charge in [-0.25, -0.2) is 0 Å². The Morgan fingerprint density at radius 3 is 2.71 bits per heavy atom. The van der Waals surface area contributed by atoms with Crippen LogP contribution in [0, 0.1) is 0 Å². The predicted octanol–water partition coefficient (Wildman–Crippen LogP) is 2.25. The highest BCUT2D eigenvalue weighted by Crippen LogP contribution is 2.11. The molecular formula is C12H14O2. The zero-order valence-corrected chi connectivity index (χ0v) is 8.11. The topological polar surface area (TPSA) is 21.8 Å². The number of ether oxygens (including phenoxy) is 2. The van der Waals surface area contributed by atoms with Crippen LogP contribution in [0.3, 0.4) is 0 Å². The highest BCUT2D eigenvalue weighted by atomic mass is 16.6. The van der Waals surface area contributed by atoms with E-state index >= 15 is 0 Å². The van der Waals surface area contributed by atoms with E-state index in [2.05, 4.69) is 18.7 Å². The molecule has 0 radical (unpaired) electrons. The Bertz CT molecular complexity index is 299. The molecule has 1 heterocycles. The number of hydrogen-bond donors (Lipinski definition) is 0. The van der Waals surface area contributed by atoms with E-state index in [4.69, 9.17) is 9.47 Å². The number of hydrogen-bond acceptors (Lipinski definition) is 2. The molecule has 1 fully saturated rings. The van der Waals surface area contributed by atoms with Crippen molar-refractivity contribution in [3.8, 4) is 0 Å². The molecule has 2 heteroatoms. The largest absolute Gasteiger partial charge is 0.374 e. The third kappa shape index (κ3) is 2.69. The molecule has 0 amide bonds. The Kier molecular flexibility index (Phi) is 2.96. The Morgan fingerprint density at radius 1 is 1.43 bits per heavy atom. The van der Waals surface area contributed by atoms with Crippen LogP contribution in [0.1, 0.15) is 11.1 Å². The van der Waals surface area contributed by atoms with Crippen LogP contribution >= 0.6 is 0 Å². The minimum atomic E-state index is 0.349. The summed E-state index contributed by atoms with van der Waals surface area (Å²) in [5, 5.41) is 0. The minimum absolute atomic E-state index is 0.349. The molecule has 2 rings (SSSR count). The summed E-state index contributed by atoms with van der Waals surface area (Å²) in [4.78, 5) is 0. The molecule has 1 aromatic rings. The van der Waals surface area contributed by atoms with E-state index in [0.29, 0.717) is 19.3 Å². The summed E-state index contributed by atoms with van der Waals surface area (Å²) in [5.74, 6) is 0. The number of epoxide rings is 1. The van der Waals surface area contributed by atoms with Gasteiger partial charge < -0.3 is 9.47 Å². The Labute approximate surface area is 84.2 Å². The lowest BCUT2D eigenvalue weighted by Crippen LogP contribution is -2.01. The fraction of sp³-hybridized carbons (Fsp3) is 0.333. The van der Waals surface area contributed by atoms with E-state index in [1.54, 1.807) is 0 Å². The van der Waals surface area contributed by atoms with Crippen molar-refractivity contribution >= 4 is 6.08 Å². The van der Waals surface area contributed by atoms with E-state index in [9.17, 15) is 0 Å². The Hall–Kier alpha value is -1.12. The predicted molar refractivity (Wildman–Crippen MR) is 55.9 cm³/mol. The van der Waals surface area contributed by atoms with Gasteiger partial charge in [0.25, 0.3) is 0 Å². The van der Waals surface area contributed by atoms with Crippen molar-refractivity contribution in [3.05, 3.63) is 42.0 Å². The number of rotatable bonds is 5. The van der Waals surface area contributed by atoms with Crippen LogP contribution < -0.4 is 0 Å². The van der Waals surface area contributed by atoms with Crippen LogP contribution in [0.15, 0.2) is 30.8 Å². The maximum Gasteiger partial charge on any atom is 0.104 e. The highest BCUT2D eigenvalue weighted by Gasteiger charge is 2.21. The third-order valence-corrected chi connectivity index (χ3v) is 2.19. The van der Waals surface area contributed by atoms with E-state index in [-0.39, 0.29) is 0 Å². The molecule has 1 saturated heterocycles. The van der Waals surface area contributed by atoms with Gasteiger partial charge in [-0.3, -0.25) is 0 Å². The lowest BCUT2D eigenvalue weighted by Gasteiger charge is -2.02. The molecule has 0 saturated carbocycles. The van der Waals surface area contributed by atoms with Crippen LogP contribution in [0.25, 0.3) is 6.08 Å². The average molecular weight is 190 g/mol. The maximum absolute atomic E-state index is 5.47. The summed E-state index contributed by atoms with van der Waals surface area (Å²) >= 11 is 0. The van der Waals surface area contributed by atoms with Crippen LogP contribution in [0.2, 0.25) is 0 Å². The van der Waals surface area contributed by atoms with Crippen molar-refractivity contribution in [2.45, 2.75) is 12.7 Å². The quantitative estimate of drug-likeness (QED) is 0.664. The zero-order chi connectivity index (χ0) is 9.80. The standard InChI is InChI=1S/C12H14O2/c1-2-10-3-5-11(6-4-10)7-13-8-12-9-14-12/h2-6,12H,1,7-9H2/t12-/m1/s1. The van der Waals surface area contributed by atoms with Gasteiger partial charge in [-0.15, -0.1) is 0 Å². The summed E-state index contributed by atoms with van der Waals surface area (Å²) in [5.41, 5.74) is 2.33. The molecule has 0 unspecified atom stereocenters. The fourth-order valence-electron chi connectivity index (χ4n) is 1.22. The van der Waals surface area contributed by atoms with E-state index in [1.807, 2.05) is 18.2 Å². The van der Waals surface area contributed by atoms with Crippen molar-refractivity contribution in [2.75, 3.05) is 13.2 Å². The molecule has 1 atom stereocenters. The van der Waals surface area contributed by atoms with E-state index in [1.165, 1.54) is 5.56 Å². The van der Waals surface area contributed by atoms with Crippen molar-refractivity contribution in [3.63, 3.8) is 0 Å². The molecule has 74 valence electrons. The van der Waals surface area contributed by atoms with Gasteiger partial charge in [-0.05, 0) is 11.1 Å². The van der Waals surface area contributed by atoms with Crippen LogP contribution in [-0.2, 0) is 16.1 Å². The normalized spacial score (nSPS) is 19.3. The zero-order valence-electron chi connectivity index (χ0n) is 8.11. The first-order chi connectivity index (χ1) is 6.88. The Morgan fingerprint density at radius 2 is 2.14 bits per heavy atom. The molecule has 1 aliphatic heterocycles. The second-order valence-electron chi connectivity index (χ2n) is 3.42. The van der Waals surface area contributed by atoms with Crippen molar-refractivity contribution in [1.29, 1.82) is 0 Å². The highest BCUT2D eigenvalue weighted by molar-refractivity contribution is 5.47. The minimum Gasteiger partial charge on any atom is -0.374 e. The van der Waals surface area contributed by atoms with Crippen LogP contribution in [-0.4, -0.2) is 19.3 Å². The van der Waals surface area contributed by atoms with Gasteiger partial charge in [0.05, 0.1) is 19.8 Å². The van der Waals surface area contributed by atoms with Crippen LogP contribution in [0.4, 0.5) is 0 Å². The lowest BCUT2D eigenvalue weighted by atomic mass is 10.1. The molecular weight excluding hydrogens is 176 g/mol. The molecule has 0 aliphatic carbocycles. The van der Waals surface area contributed by atoms with Crippen molar-refractivity contribution < 1.29 is 9.47 Å². The van der Waals surface area contributed by atoms with Gasteiger partial charge >= 0.3 is 0 Å². The molecule has 1 aliphatic rings. The first-order valence-corrected chi connectivity index (χ1v) is 4.79. The summed E-state index contributed by atoms with van der Waals surface area (Å²) < 4.78 is 10.5. The van der Waals surface area contributed by atoms with E-state index in [0.717, 1.165) is 12.2 Å². The molecule has 0 N–H and O–H groups in total. The molecule has 0 bridgehead atoms. The smallest absolute Gasteiger partial charge is 0.104 e. The molecule has 0 aromatic heterocycles. The van der Waals surface area contributed by atoms with Gasteiger partial charge in [0.2, 0.25) is 0 Å². The molecule has 14 heavy (non-hydrogen) atoms. The maximum atomic E-state index is 5.47. The summed E-state index contributed by atoms with van der Waals surface area (Å²) in [7, 11) is 0. The average Bonchev–Trinajstić information content (AvgIpc) is 3.03. The summed E-state index contributed by atoms with van der Waals surface area (Å²) in [6, 6.07) is 8.20. The second-order valence-corrected chi connectivity index (χ2v) is 3.42. The molecule has 0 spiro atoms. The lowest BCUT2D eigenvalue weighted by molar-refractivity contribution is 0.104. The van der Waals surface area contributed by atoms with Crippen molar-refractivity contribution in [2.24, 2.45) is 0 Å². The first-order valence-electron chi connectivity index (χ1n) is 4.79. The summed E-state index contributed by atoms with van der Waals surface area (Å²) in [6.45, 7) is 5.94. The van der Waals surface area contributed by atoms with Gasteiger partial charge in [0, 0.05) is 0 Å². The third-order valence-electron chi connectivity index (χ3n) is 2.19. The van der Waals surface area contributed by atoms with Crippen molar-refractivity contribution in [1.82, 2.24) is 0 Å². The van der Waals surface area contributed by atoms with E-state index < -0.39 is 0 Å². The second kappa shape index (κ2) is 4.40. The van der Waals surface area contributed by atoms with Gasteiger partial charge in [-0.2, -0.15) is 0 Å². The van der Waals surface area contributed by atoms with Crippen LogP contribution in [0.5, 0.6) is 0 Å². The summed E-state index contributed by atoms with van der Waals surface area (Å²) in [6.07, 6.45) is 2.19. The monoisotopic (exact) mass is 190 g/mol. The molecule has 2 nitrogen and oxygen atoms in total. The fourth-order valence-corrected chi connectivity index (χ4v) is 1.22. The number of benzene rings is 1. The Balaban J connectivity index is 1.79. The van der Waals surface area contributed by atoms with Gasteiger partial charge in [0.15, 0.2) is 0 Å².